The van der Waals surface area contributed by atoms with Crippen molar-refractivity contribution in [3.8, 4) is 5.69 Å². The van der Waals surface area contributed by atoms with E-state index in [0.717, 1.165) is 61.2 Å². The van der Waals surface area contributed by atoms with E-state index < -0.39 is 4.92 Å². The van der Waals surface area contributed by atoms with Gasteiger partial charge in [0, 0.05) is 50.1 Å². The molecule has 1 saturated heterocycles. The Hall–Kier alpha value is -3.63. The first-order valence-corrected chi connectivity index (χ1v) is 10.7. The Morgan fingerprint density at radius 1 is 1.03 bits per heavy atom. The number of piperazine rings is 1. The third-order valence-corrected chi connectivity index (χ3v) is 5.89. The normalized spacial score (nSPS) is 15.3. The second-order valence-electron chi connectivity index (χ2n) is 8.26. The van der Waals surface area contributed by atoms with E-state index in [9.17, 15) is 14.5 Å². The van der Waals surface area contributed by atoms with Gasteiger partial charge in [0.1, 0.15) is 11.6 Å². The predicted molar refractivity (Wildman–Crippen MR) is 119 cm³/mol. The van der Waals surface area contributed by atoms with Crippen molar-refractivity contribution in [2.75, 3.05) is 26.2 Å². The first-order valence-electron chi connectivity index (χ1n) is 10.7. The minimum Gasteiger partial charge on any atom is -0.360 e. The largest absolute Gasteiger partial charge is 0.360 e. The number of nitro groups is 1. The Kier molecular flexibility index (Phi) is 5.61. The van der Waals surface area contributed by atoms with Crippen molar-refractivity contribution in [3.63, 3.8) is 0 Å². The number of non-ortho nitro benzene ring substituents is 1. The molecule has 3 heterocycles. The topological polar surface area (TPSA) is 93.5 Å². The van der Waals surface area contributed by atoms with Crippen LogP contribution in [0.3, 0.4) is 0 Å². The van der Waals surface area contributed by atoms with E-state index in [1.54, 1.807) is 18.2 Å². The molecule has 1 aliphatic heterocycles. The van der Waals surface area contributed by atoms with Gasteiger partial charge >= 0.3 is 0 Å². The van der Waals surface area contributed by atoms with Gasteiger partial charge in [0.15, 0.2) is 5.76 Å². The molecule has 33 heavy (non-hydrogen) atoms. The average Bonchev–Trinajstić information content (AvgIpc) is 3.37. The quantitative estimate of drug-likeness (QED) is 0.327. The Bertz CT molecular complexity index is 1290. The molecule has 0 aliphatic carbocycles. The molecule has 1 aliphatic rings. The molecule has 0 spiro atoms. The van der Waals surface area contributed by atoms with Crippen LogP contribution < -0.4 is 0 Å². The van der Waals surface area contributed by atoms with E-state index >= 15 is 0 Å². The van der Waals surface area contributed by atoms with E-state index in [0.29, 0.717) is 12.1 Å². The van der Waals surface area contributed by atoms with Crippen molar-refractivity contribution in [2.45, 2.75) is 20.0 Å². The third kappa shape index (κ3) is 4.48. The molecular weight excluding hydrogens is 427 g/mol. The molecule has 2 aromatic heterocycles. The Morgan fingerprint density at radius 2 is 1.73 bits per heavy atom. The van der Waals surface area contributed by atoms with Crippen molar-refractivity contribution < 1.29 is 13.8 Å². The number of fused-ring (bicyclic) bond motifs is 1. The van der Waals surface area contributed by atoms with E-state index in [1.165, 1.54) is 24.3 Å². The summed E-state index contributed by atoms with van der Waals surface area (Å²) in [5.74, 6) is 1.30. The molecule has 1 fully saturated rings. The molecule has 0 amide bonds. The monoisotopic (exact) mass is 450 g/mol. The van der Waals surface area contributed by atoms with Crippen LogP contribution in [0.5, 0.6) is 0 Å². The molecule has 0 atom stereocenters. The number of nitro benzene ring substituents is 1. The van der Waals surface area contributed by atoms with E-state index in [1.807, 2.05) is 17.6 Å². The summed E-state index contributed by atoms with van der Waals surface area (Å²) in [7, 11) is 0. The summed E-state index contributed by atoms with van der Waals surface area (Å²) in [5, 5.41) is 15.2. The number of aryl methyl sites for hydroxylation is 1. The van der Waals surface area contributed by atoms with Crippen molar-refractivity contribution in [3.05, 3.63) is 81.7 Å². The molecule has 10 heteroatoms. The summed E-state index contributed by atoms with van der Waals surface area (Å²) in [6.07, 6.45) is 0. The van der Waals surface area contributed by atoms with Gasteiger partial charge in [0.2, 0.25) is 0 Å². The zero-order chi connectivity index (χ0) is 22.9. The lowest BCUT2D eigenvalue weighted by Gasteiger charge is -2.33. The minimum absolute atomic E-state index is 0.00549. The van der Waals surface area contributed by atoms with Gasteiger partial charge in [-0.25, -0.2) is 9.37 Å². The highest BCUT2D eigenvalue weighted by Crippen LogP contribution is 2.26. The Labute approximate surface area is 189 Å². The van der Waals surface area contributed by atoms with Gasteiger partial charge in [0.05, 0.1) is 34.7 Å². The second-order valence-corrected chi connectivity index (χ2v) is 8.26. The fourth-order valence-corrected chi connectivity index (χ4v) is 4.23. The molecule has 0 saturated carbocycles. The van der Waals surface area contributed by atoms with Gasteiger partial charge in [-0.1, -0.05) is 5.16 Å². The first-order chi connectivity index (χ1) is 16.0. The highest BCUT2D eigenvalue weighted by Gasteiger charge is 2.22. The second kappa shape index (κ2) is 8.72. The Morgan fingerprint density at radius 3 is 2.36 bits per heavy atom. The smallest absolute Gasteiger partial charge is 0.271 e. The van der Waals surface area contributed by atoms with Gasteiger partial charge in [0.25, 0.3) is 5.69 Å². The van der Waals surface area contributed by atoms with Crippen molar-refractivity contribution in [1.29, 1.82) is 0 Å². The number of aromatic nitrogens is 3. The van der Waals surface area contributed by atoms with Crippen LogP contribution in [0.4, 0.5) is 10.1 Å². The van der Waals surface area contributed by atoms with Crippen LogP contribution in [0.1, 0.15) is 17.3 Å². The van der Waals surface area contributed by atoms with Gasteiger partial charge in [-0.15, -0.1) is 0 Å². The highest BCUT2D eigenvalue weighted by atomic mass is 19.1. The summed E-state index contributed by atoms with van der Waals surface area (Å²) in [5.41, 5.74) is 2.93. The molecule has 0 radical (unpaired) electrons. The standard InChI is InChI=1S/C23H23FN6O3/c1-16-12-20(33-26-16)14-27-8-10-28(11-9-27)15-23-25-21-13-19(30(31)32)6-7-22(21)29(23)18-4-2-17(24)3-5-18/h2-7,12-13H,8-11,14-15H2,1H3. The maximum absolute atomic E-state index is 13.5. The van der Waals surface area contributed by atoms with Crippen LogP contribution in [0.25, 0.3) is 16.7 Å². The third-order valence-electron chi connectivity index (χ3n) is 5.89. The SMILES string of the molecule is Cc1cc(CN2CCN(Cc3nc4cc([N+](=O)[O-])ccc4n3-c3ccc(F)cc3)CC2)on1. The van der Waals surface area contributed by atoms with Crippen LogP contribution in [-0.4, -0.2) is 55.6 Å². The summed E-state index contributed by atoms with van der Waals surface area (Å²) in [6.45, 7) is 6.66. The van der Waals surface area contributed by atoms with Crippen LogP contribution in [-0.2, 0) is 13.1 Å². The molecule has 170 valence electrons. The zero-order valence-corrected chi connectivity index (χ0v) is 18.1. The number of hydrogen-bond acceptors (Lipinski definition) is 7. The molecule has 5 rings (SSSR count). The summed E-state index contributed by atoms with van der Waals surface area (Å²) in [4.78, 5) is 20.2. The highest BCUT2D eigenvalue weighted by molar-refractivity contribution is 5.80. The molecule has 9 nitrogen and oxygen atoms in total. The Balaban J connectivity index is 1.38. The number of benzene rings is 2. The van der Waals surface area contributed by atoms with E-state index in [4.69, 9.17) is 9.51 Å². The predicted octanol–water partition coefficient (Wildman–Crippen LogP) is 3.69. The molecule has 0 bridgehead atoms. The number of imidazole rings is 1. The molecule has 0 N–H and O–H groups in total. The summed E-state index contributed by atoms with van der Waals surface area (Å²) >= 11 is 0. The average molecular weight is 450 g/mol. The maximum Gasteiger partial charge on any atom is 0.271 e. The summed E-state index contributed by atoms with van der Waals surface area (Å²) in [6, 6.07) is 12.8. The minimum atomic E-state index is -0.425. The lowest BCUT2D eigenvalue weighted by atomic mass is 10.2. The molecule has 4 aromatic rings. The number of hydrogen-bond donors (Lipinski definition) is 0. The van der Waals surface area contributed by atoms with Gasteiger partial charge in [-0.3, -0.25) is 24.5 Å². The fraction of sp³-hybridized carbons (Fsp3) is 0.304. The van der Waals surface area contributed by atoms with Gasteiger partial charge in [-0.2, -0.15) is 0 Å². The van der Waals surface area contributed by atoms with Crippen molar-refractivity contribution in [2.24, 2.45) is 0 Å². The molecular formula is C23H23FN6O3. The lowest BCUT2D eigenvalue weighted by Crippen LogP contribution is -2.45. The van der Waals surface area contributed by atoms with E-state index in [-0.39, 0.29) is 11.5 Å². The maximum atomic E-state index is 13.5. The molecule has 2 aromatic carbocycles. The lowest BCUT2D eigenvalue weighted by molar-refractivity contribution is -0.384. The van der Waals surface area contributed by atoms with Crippen LogP contribution in [0, 0.1) is 22.9 Å². The van der Waals surface area contributed by atoms with Crippen molar-refractivity contribution >= 4 is 16.7 Å². The van der Waals surface area contributed by atoms with Gasteiger partial charge in [-0.05, 0) is 37.3 Å². The fourth-order valence-electron chi connectivity index (χ4n) is 4.23. The van der Waals surface area contributed by atoms with Crippen molar-refractivity contribution in [1.82, 2.24) is 24.5 Å². The number of nitrogens with zero attached hydrogens (tertiary/aromatic N) is 6. The summed E-state index contributed by atoms with van der Waals surface area (Å²) < 4.78 is 20.8. The van der Waals surface area contributed by atoms with Gasteiger partial charge < -0.3 is 4.52 Å². The number of rotatable bonds is 6. The van der Waals surface area contributed by atoms with Crippen LogP contribution in [0.2, 0.25) is 0 Å². The number of halogens is 1. The van der Waals surface area contributed by atoms with E-state index in [2.05, 4.69) is 15.0 Å². The van der Waals surface area contributed by atoms with Crippen LogP contribution in [0.15, 0.2) is 53.1 Å². The van der Waals surface area contributed by atoms with Crippen LogP contribution >= 0.6 is 0 Å². The molecule has 0 unspecified atom stereocenters. The zero-order valence-electron chi connectivity index (χ0n) is 18.1. The first kappa shape index (κ1) is 21.2.